The minimum Gasteiger partial charge on any atom is -0.485 e. The summed E-state index contributed by atoms with van der Waals surface area (Å²) in [7, 11) is 1.51. The number of hydrogen-bond donors (Lipinski definition) is 1. The molecule has 1 N–H and O–H groups in total. The van der Waals surface area contributed by atoms with Gasteiger partial charge in [0, 0.05) is 18.9 Å². The molecule has 0 saturated heterocycles. The summed E-state index contributed by atoms with van der Waals surface area (Å²) in [6, 6.07) is 18.3. The highest BCUT2D eigenvalue weighted by molar-refractivity contribution is 5.97. The molecule has 0 radical (unpaired) electrons. The number of alkyl halides is 3. The van der Waals surface area contributed by atoms with E-state index in [1.54, 1.807) is 31.2 Å². The number of aryl methyl sites for hydroxylation is 3. The Labute approximate surface area is 218 Å². The van der Waals surface area contributed by atoms with Gasteiger partial charge in [-0.3, -0.25) is 9.48 Å². The number of carboxylic acid groups (broad SMARTS) is 1. The smallest absolute Gasteiger partial charge is 0.435 e. The summed E-state index contributed by atoms with van der Waals surface area (Å²) in [6.45, 7) is 1.65. The van der Waals surface area contributed by atoms with Crippen LogP contribution in [0.5, 0.6) is 5.75 Å². The molecule has 38 heavy (non-hydrogen) atoms. The summed E-state index contributed by atoms with van der Waals surface area (Å²) >= 11 is 0. The van der Waals surface area contributed by atoms with Crippen molar-refractivity contribution in [2.75, 3.05) is 0 Å². The molecule has 0 saturated carbocycles. The van der Waals surface area contributed by atoms with Gasteiger partial charge < -0.3 is 9.84 Å². The van der Waals surface area contributed by atoms with Gasteiger partial charge in [0.15, 0.2) is 5.69 Å². The molecule has 3 aromatic carbocycles. The Morgan fingerprint density at radius 2 is 1.92 bits per heavy atom. The van der Waals surface area contributed by atoms with Gasteiger partial charge in [0.25, 0.3) is 0 Å². The lowest BCUT2D eigenvalue weighted by Crippen LogP contribution is -2.15. The zero-order valence-electron chi connectivity index (χ0n) is 21.0. The molecule has 0 bridgehead atoms. The summed E-state index contributed by atoms with van der Waals surface area (Å²) in [5.74, 6) is 2.17. The van der Waals surface area contributed by atoms with Gasteiger partial charge in [0.2, 0.25) is 0 Å². The standard InChI is InChI=1S/C27H23F3N2O3.C3H4/c1-32-21-7-3-6-20(25(21)26(31-32)27(28,29)30)17-4-2-5-18(15-17)23-12-10-19-14-16(9-13-24(33)34)8-11-22(19)35-23;1-3-2/h2-8,11,14-15,23H,9-10,12-13H2,1H3,(H,33,34);1H,2H3. The Kier molecular flexibility index (Phi) is 7.77. The lowest BCUT2D eigenvalue weighted by molar-refractivity contribution is -0.140. The van der Waals surface area contributed by atoms with Crippen molar-refractivity contribution >= 4 is 16.9 Å². The summed E-state index contributed by atoms with van der Waals surface area (Å²) in [6.07, 6.45) is 1.82. The number of carboxylic acids is 1. The van der Waals surface area contributed by atoms with E-state index in [2.05, 4.69) is 17.4 Å². The third-order valence-electron chi connectivity index (χ3n) is 6.41. The molecule has 0 fully saturated rings. The molecular weight excluding hydrogens is 493 g/mol. The van der Waals surface area contributed by atoms with Gasteiger partial charge in [0.05, 0.1) is 5.52 Å². The third-order valence-corrected chi connectivity index (χ3v) is 6.41. The average molecular weight is 521 g/mol. The van der Waals surface area contributed by atoms with E-state index >= 15 is 0 Å². The topological polar surface area (TPSA) is 64.4 Å². The number of nitrogens with zero attached hydrogens (tertiary/aromatic N) is 2. The van der Waals surface area contributed by atoms with Crippen molar-refractivity contribution in [1.82, 2.24) is 9.78 Å². The number of rotatable bonds is 5. The second kappa shape index (κ2) is 11.0. The zero-order valence-corrected chi connectivity index (χ0v) is 21.0. The molecule has 2 heterocycles. The normalized spacial score (nSPS) is 14.6. The highest BCUT2D eigenvalue weighted by Gasteiger charge is 2.37. The van der Waals surface area contributed by atoms with Crippen LogP contribution in [0.25, 0.3) is 22.0 Å². The van der Waals surface area contributed by atoms with Crippen molar-refractivity contribution in [3.8, 4) is 29.2 Å². The van der Waals surface area contributed by atoms with Crippen molar-refractivity contribution in [1.29, 1.82) is 0 Å². The lowest BCUT2D eigenvalue weighted by Gasteiger charge is -2.27. The van der Waals surface area contributed by atoms with E-state index in [1.807, 2.05) is 36.4 Å². The van der Waals surface area contributed by atoms with E-state index in [9.17, 15) is 18.0 Å². The van der Waals surface area contributed by atoms with Crippen LogP contribution in [0.4, 0.5) is 13.2 Å². The predicted molar refractivity (Wildman–Crippen MR) is 140 cm³/mol. The number of ether oxygens (including phenoxy) is 1. The van der Waals surface area contributed by atoms with Crippen LogP contribution in [0.1, 0.15) is 48.3 Å². The maximum absolute atomic E-state index is 13.7. The number of aliphatic carboxylic acids is 1. The molecule has 1 aromatic heterocycles. The predicted octanol–water partition coefficient (Wildman–Crippen LogP) is 6.98. The summed E-state index contributed by atoms with van der Waals surface area (Å²) in [4.78, 5) is 10.8. The van der Waals surface area contributed by atoms with E-state index in [0.29, 0.717) is 29.5 Å². The minimum absolute atomic E-state index is 0.0782. The average Bonchev–Trinajstić information content (AvgIpc) is 3.25. The maximum Gasteiger partial charge on any atom is 0.435 e. The fourth-order valence-corrected chi connectivity index (χ4v) is 4.74. The molecule has 0 spiro atoms. The van der Waals surface area contributed by atoms with Crippen molar-refractivity contribution in [2.24, 2.45) is 7.05 Å². The maximum atomic E-state index is 13.7. The number of benzene rings is 3. The Morgan fingerprint density at radius 3 is 2.63 bits per heavy atom. The Morgan fingerprint density at radius 1 is 1.18 bits per heavy atom. The van der Waals surface area contributed by atoms with Crippen molar-refractivity contribution in [3.63, 3.8) is 0 Å². The van der Waals surface area contributed by atoms with Crippen molar-refractivity contribution in [2.45, 2.75) is 44.9 Å². The van der Waals surface area contributed by atoms with E-state index in [-0.39, 0.29) is 17.9 Å². The van der Waals surface area contributed by atoms with Crippen molar-refractivity contribution in [3.05, 3.63) is 83.0 Å². The minimum atomic E-state index is -4.56. The van der Waals surface area contributed by atoms with Gasteiger partial charge in [-0.05, 0) is 72.2 Å². The Balaban J connectivity index is 0.00000107. The highest BCUT2D eigenvalue weighted by atomic mass is 19.4. The van der Waals surface area contributed by atoms with Crippen LogP contribution in [-0.2, 0) is 30.9 Å². The quantitative estimate of drug-likeness (QED) is 0.288. The highest BCUT2D eigenvalue weighted by Crippen LogP contribution is 2.41. The molecular formula is C30H27F3N2O3. The van der Waals surface area contributed by atoms with Crippen LogP contribution >= 0.6 is 0 Å². The largest absolute Gasteiger partial charge is 0.485 e. The fourth-order valence-electron chi connectivity index (χ4n) is 4.74. The molecule has 1 aliphatic heterocycles. The van der Waals surface area contributed by atoms with Gasteiger partial charge >= 0.3 is 12.1 Å². The molecule has 1 aliphatic rings. The summed E-state index contributed by atoms with van der Waals surface area (Å²) < 4.78 is 48.7. The molecule has 0 amide bonds. The van der Waals surface area contributed by atoms with Gasteiger partial charge in [-0.25, -0.2) is 0 Å². The number of terminal acetylenes is 1. The van der Waals surface area contributed by atoms with Crippen molar-refractivity contribution < 1.29 is 27.8 Å². The Bertz CT molecular complexity index is 1520. The number of hydrogen-bond acceptors (Lipinski definition) is 3. The summed E-state index contributed by atoms with van der Waals surface area (Å²) in [5.41, 5.74) is 3.56. The number of fused-ring (bicyclic) bond motifs is 2. The molecule has 0 aliphatic carbocycles. The summed E-state index contributed by atoms with van der Waals surface area (Å²) in [5, 5.41) is 12.7. The van der Waals surface area contributed by atoms with Crippen LogP contribution in [0.2, 0.25) is 0 Å². The van der Waals surface area contributed by atoms with Crippen LogP contribution < -0.4 is 4.74 Å². The lowest BCUT2D eigenvalue weighted by atomic mass is 9.92. The number of carbonyl (C=O) groups is 1. The molecule has 196 valence electrons. The molecule has 8 heteroatoms. The Hall–Kier alpha value is -4.25. The van der Waals surface area contributed by atoms with Gasteiger partial charge in [-0.1, -0.05) is 42.5 Å². The van der Waals surface area contributed by atoms with E-state index < -0.39 is 17.8 Å². The first-order chi connectivity index (χ1) is 18.1. The second-order valence-corrected chi connectivity index (χ2v) is 9.06. The second-order valence-electron chi connectivity index (χ2n) is 9.06. The first kappa shape index (κ1) is 26.8. The van der Waals surface area contributed by atoms with Gasteiger partial charge in [-0.15, -0.1) is 12.3 Å². The molecule has 1 atom stereocenters. The van der Waals surface area contributed by atoms with Crippen LogP contribution in [0, 0.1) is 12.3 Å². The first-order valence-electron chi connectivity index (χ1n) is 12.1. The van der Waals surface area contributed by atoms with Gasteiger partial charge in [-0.2, -0.15) is 18.3 Å². The molecule has 5 nitrogen and oxygen atoms in total. The van der Waals surface area contributed by atoms with E-state index in [1.165, 1.54) is 11.7 Å². The third kappa shape index (κ3) is 5.67. The molecule has 5 rings (SSSR count). The molecule has 1 unspecified atom stereocenters. The molecule has 4 aromatic rings. The van der Waals surface area contributed by atoms with Crippen LogP contribution in [0.15, 0.2) is 60.7 Å². The zero-order chi connectivity index (χ0) is 27.4. The van der Waals surface area contributed by atoms with Crippen LogP contribution in [-0.4, -0.2) is 20.9 Å². The van der Waals surface area contributed by atoms with Crippen LogP contribution in [0.3, 0.4) is 0 Å². The fraction of sp³-hybridized carbons (Fsp3) is 0.267. The monoisotopic (exact) mass is 520 g/mol. The first-order valence-corrected chi connectivity index (χ1v) is 12.1. The number of aromatic nitrogens is 2. The van der Waals surface area contributed by atoms with Gasteiger partial charge in [0.1, 0.15) is 11.9 Å². The SMILES string of the molecule is C#CC.Cn1nc(C(F)(F)F)c2c(-c3cccc(C4CCc5cc(CCC(=O)O)ccc5O4)c3)cccc21. The number of halogens is 3. The van der Waals surface area contributed by atoms with E-state index in [0.717, 1.165) is 28.9 Å². The van der Waals surface area contributed by atoms with E-state index in [4.69, 9.17) is 9.84 Å².